The summed E-state index contributed by atoms with van der Waals surface area (Å²) in [7, 11) is 1.58. The third kappa shape index (κ3) is 4.43. The molecule has 0 fully saturated rings. The number of carbonyl (C=O) groups is 1. The minimum atomic E-state index is -0.545. The summed E-state index contributed by atoms with van der Waals surface area (Å²) in [6, 6.07) is 16.6. The lowest BCUT2D eigenvalue weighted by molar-refractivity contribution is -0.384. The van der Waals surface area contributed by atoms with E-state index in [9.17, 15) is 14.9 Å². The molecule has 31 heavy (non-hydrogen) atoms. The van der Waals surface area contributed by atoms with Crippen molar-refractivity contribution in [2.24, 2.45) is 0 Å². The number of ether oxygens (including phenoxy) is 1. The molecular formula is C21H17N5O4S. The number of methoxy groups -OCH3 is 1. The van der Waals surface area contributed by atoms with Gasteiger partial charge in [-0.15, -0.1) is 16.4 Å². The Balaban J connectivity index is 1.71. The highest BCUT2D eigenvalue weighted by molar-refractivity contribution is 7.09. The minimum absolute atomic E-state index is 0.138. The van der Waals surface area contributed by atoms with Crippen LogP contribution in [0.1, 0.15) is 15.2 Å². The van der Waals surface area contributed by atoms with Crippen LogP contribution in [0.15, 0.2) is 66.0 Å². The SMILES string of the molecule is COc1ccc(-c2nc(NCc3cccs3)n(C(=O)c3cccc([N+](=O)[O-])c3)n2)cc1. The summed E-state index contributed by atoms with van der Waals surface area (Å²) in [6.07, 6.45) is 0. The lowest BCUT2D eigenvalue weighted by Gasteiger charge is -2.06. The molecule has 0 bridgehead atoms. The van der Waals surface area contributed by atoms with E-state index in [4.69, 9.17) is 4.74 Å². The molecule has 0 spiro atoms. The van der Waals surface area contributed by atoms with Gasteiger partial charge in [0.25, 0.3) is 11.6 Å². The number of carbonyl (C=O) groups excluding carboxylic acids is 1. The highest BCUT2D eigenvalue weighted by atomic mass is 32.1. The Morgan fingerprint density at radius 1 is 1.19 bits per heavy atom. The van der Waals surface area contributed by atoms with Crippen LogP contribution in [0.4, 0.5) is 11.6 Å². The average molecular weight is 435 g/mol. The number of thiophene rings is 1. The standard InChI is InChI=1S/C21H17N5O4S/c1-30-17-9-7-14(8-10-17)19-23-21(22-13-18-6-3-11-31-18)25(24-19)20(27)15-4-2-5-16(12-15)26(28)29/h2-12H,13H2,1H3,(H,22,23,24). The van der Waals surface area contributed by atoms with Gasteiger partial charge in [0.15, 0.2) is 5.82 Å². The van der Waals surface area contributed by atoms with Crippen LogP contribution in [0.25, 0.3) is 11.4 Å². The first-order valence-corrected chi connectivity index (χ1v) is 10.1. The first-order valence-electron chi connectivity index (χ1n) is 9.22. The lowest BCUT2D eigenvalue weighted by Crippen LogP contribution is -2.17. The quantitative estimate of drug-likeness (QED) is 0.341. The van der Waals surface area contributed by atoms with Gasteiger partial charge in [0.1, 0.15) is 5.75 Å². The number of nitrogens with zero attached hydrogens (tertiary/aromatic N) is 4. The molecule has 0 amide bonds. The molecule has 0 saturated heterocycles. The molecule has 1 N–H and O–H groups in total. The number of non-ortho nitro benzene ring substituents is 1. The van der Waals surface area contributed by atoms with Gasteiger partial charge in [-0.2, -0.15) is 9.67 Å². The van der Waals surface area contributed by atoms with Crippen LogP contribution >= 0.6 is 11.3 Å². The highest BCUT2D eigenvalue weighted by Gasteiger charge is 2.20. The molecule has 4 rings (SSSR count). The maximum atomic E-state index is 13.1. The number of anilines is 1. The first-order chi connectivity index (χ1) is 15.0. The number of aromatic nitrogens is 3. The van der Waals surface area contributed by atoms with Crippen molar-refractivity contribution in [2.45, 2.75) is 6.54 Å². The molecule has 156 valence electrons. The number of hydrogen-bond donors (Lipinski definition) is 1. The summed E-state index contributed by atoms with van der Waals surface area (Å²) >= 11 is 1.57. The van der Waals surface area contributed by atoms with Crippen LogP contribution in [-0.2, 0) is 6.54 Å². The normalized spacial score (nSPS) is 10.6. The largest absolute Gasteiger partial charge is 0.497 e. The molecule has 0 unspecified atom stereocenters. The Morgan fingerprint density at radius 2 is 2.00 bits per heavy atom. The molecule has 0 saturated carbocycles. The first kappa shape index (κ1) is 20.2. The van der Waals surface area contributed by atoms with Crippen molar-refractivity contribution in [2.75, 3.05) is 12.4 Å². The maximum Gasteiger partial charge on any atom is 0.281 e. The van der Waals surface area contributed by atoms with Crippen LogP contribution in [0.5, 0.6) is 5.75 Å². The third-order valence-corrected chi connectivity index (χ3v) is 5.33. The number of hydrogen-bond acceptors (Lipinski definition) is 8. The number of rotatable bonds is 7. The van der Waals surface area contributed by atoms with Crippen molar-refractivity contribution in [1.82, 2.24) is 14.8 Å². The van der Waals surface area contributed by atoms with E-state index >= 15 is 0 Å². The van der Waals surface area contributed by atoms with Gasteiger partial charge in [-0.1, -0.05) is 12.1 Å². The minimum Gasteiger partial charge on any atom is -0.497 e. The van der Waals surface area contributed by atoms with Gasteiger partial charge in [0.05, 0.1) is 18.6 Å². The fourth-order valence-electron chi connectivity index (χ4n) is 2.88. The summed E-state index contributed by atoms with van der Waals surface area (Å²) < 4.78 is 6.31. The lowest BCUT2D eigenvalue weighted by atomic mass is 10.2. The highest BCUT2D eigenvalue weighted by Crippen LogP contribution is 2.23. The molecule has 0 aliphatic heterocycles. The Labute approximate surface area is 181 Å². The molecule has 2 heterocycles. The van der Waals surface area contributed by atoms with Gasteiger partial charge in [-0.05, 0) is 41.8 Å². The summed E-state index contributed by atoms with van der Waals surface area (Å²) in [5, 5.41) is 20.6. The van der Waals surface area contributed by atoms with Crippen LogP contribution < -0.4 is 10.1 Å². The van der Waals surface area contributed by atoms with Crippen LogP contribution in [0, 0.1) is 10.1 Å². The molecule has 9 nitrogen and oxygen atoms in total. The molecule has 10 heteroatoms. The van der Waals surface area contributed by atoms with Crippen molar-refractivity contribution >= 4 is 28.9 Å². The van der Waals surface area contributed by atoms with E-state index in [1.165, 1.54) is 24.3 Å². The van der Waals surface area contributed by atoms with Gasteiger partial charge in [-0.25, -0.2) is 0 Å². The second-order valence-electron chi connectivity index (χ2n) is 6.44. The smallest absolute Gasteiger partial charge is 0.281 e. The number of benzene rings is 2. The van der Waals surface area contributed by atoms with E-state index < -0.39 is 10.8 Å². The summed E-state index contributed by atoms with van der Waals surface area (Å²) in [4.78, 5) is 29.2. The van der Waals surface area contributed by atoms with Crippen molar-refractivity contribution in [3.8, 4) is 17.1 Å². The van der Waals surface area contributed by atoms with Crippen molar-refractivity contribution in [1.29, 1.82) is 0 Å². The zero-order chi connectivity index (χ0) is 21.8. The van der Waals surface area contributed by atoms with Gasteiger partial charge >= 0.3 is 0 Å². The van der Waals surface area contributed by atoms with Crippen LogP contribution in [0.2, 0.25) is 0 Å². The molecule has 0 aliphatic rings. The Kier molecular flexibility index (Phi) is 5.72. The fraction of sp³-hybridized carbons (Fsp3) is 0.0952. The maximum absolute atomic E-state index is 13.1. The molecule has 2 aromatic heterocycles. The molecule has 4 aromatic rings. The molecule has 2 aromatic carbocycles. The topological polar surface area (TPSA) is 112 Å². The number of nitrogens with one attached hydrogen (secondary N) is 1. The van der Waals surface area contributed by atoms with E-state index in [0.717, 1.165) is 9.56 Å². The number of nitro benzene ring substituents is 1. The van der Waals surface area contributed by atoms with Crippen molar-refractivity contribution in [3.05, 3.63) is 86.6 Å². The molecule has 0 atom stereocenters. The Hall–Kier alpha value is -4.05. The second-order valence-corrected chi connectivity index (χ2v) is 7.48. The van der Waals surface area contributed by atoms with Gasteiger partial charge in [0, 0.05) is 28.1 Å². The molecular weight excluding hydrogens is 418 g/mol. The Morgan fingerprint density at radius 3 is 2.68 bits per heavy atom. The van der Waals surface area contributed by atoms with Gasteiger partial charge < -0.3 is 10.1 Å². The summed E-state index contributed by atoms with van der Waals surface area (Å²) in [5.41, 5.74) is 0.666. The van der Waals surface area contributed by atoms with E-state index in [1.54, 1.807) is 42.7 Å². The number of nitro groups is 1. The van der Waals surface area contributed by atoms with Crippen LogP contribution in [-0.4, -0.2) is 32.7 Å². The van der Waals surface area contributed by atoms with Gasteiger partial charge in [0.2, 0.25) is 5.95 Å². The zero-order valence-corrected chi connectivity index (χ0v) is 17.2. The van der Waals surface area contributed by atoms with E-state index in [2.05, 4.69) is 15.4 Å². The zero-order valence-electron chi connectivity index (χ0n) is 16.4. The second kappa shape index (κ2) is 8.76. The molecule has 0 radical (unpaired) electrons. The average Bonchev–Trinajstić information content (AvgIpc) is 3.47. The van der Waals surface area contributed by atoms with Gasteiger partial charge in [-0.3, -0.25) is 14.9 Å². The van der Waals surface area contributed by atoms with Crippen molar-refractivity contribution < 1.29 is 14.5 Å². The third-order valence-electron chi connectivity index (χ3n) is 4.45. The predicted molar refractivity (Wildman–Crippen MR) is 116 cm³/mol. The van der Waals surface area contributed by atoms with E-state index in [0.29, 0.717) is 23.7 Å². The van der Waals surface area contributed by atoms with E-state index in [1.807, 2.05) is 17.5 Å². The fourth-order valence-corrected chi connectivity index (χ4v) is 3.53. The predicted octanol–water partition coefficient (Wildman–Crippen LogP) is 4.22. The van der Waals surface area contributed by atoms with Crippen LogP contribution in [0.3, 0.4) is 0 Å². The van der Waals surface area contributed by atoms with Crippen molar-refractivity contribution in [3.63, 3.8) is 0 Å². The molecule has 0 aliphatic carbocycles. The monoisotopic (exact) mass is 435 g/mol. The Bertz CT molecular complexity index is 1220. The summed E-state index contributed by atoms with van der Waals surface area (Å²) in [5.74, 6) is 0.752. The summed E-state index contributed by atoms with van der Waals surface area (Å²) in [6.45, 7) is 0.459. The van der Waals surface area contributed by atoms with E-state index in [-0.39, 0.29) is 17.2 Å².